The van der Waals surface area contributed by atoms with Crippen LogP contribution >= 0.6 is 11.6 Å². The van der Waals surface area contributed by atoms with E-state index >= 15 is 0 Å². The molecule has 15 heteroatoms. The number of anilines is 3. The summed E-state index contributed by atoms with van der Waals surface area (Å²) in [4.78, 5) is 67.8. The van der Waals surface area contributed by atoms with E-state index < -0.39 is 48.2 Å². The van der Waals surface area contributed by atoms with Gasteiger partial charge in [-0.2, -0.15) is 4.98 Å². The SMILES string of the molecule is Nc1nc(N)c(CC(=O)Nc2cnc(C(=O)N[C@@H](CCC(=O)O)C(=O)O)c(Cl)c2)c(=O)[nH]1. The van der Waals surface area contributed by atoms with E-state index in [0.29, 0.717) is 0 Å². The molecule has 9 N–H and O–H groups in total. The van der Waals surface area contributed by atoms with Gasteiger partial charge in [-0.15, -0.1) is 0 Å². The molecule has 0 unspecified atom stereocenters. The average molecular weight is 468 g/mol. The molecule has 2 aromatic rings. The number of pyridine rings is 1. The summed E-state index contributed by atoms with van der Waals surface area (Å²) in [6, 6.07) is -0.281. The summed E-state index contributed by atoms with van der Waals surface area (Å²) in [6.45, 7) is 0. The highest BCUT2D eigenvalue weighted by atomic mass is 35.5. The number of H-pyrrole nitrogens is 1. The summed E-state index contributed by atoms with van der Waals surface area (Å²) >= 11 is 6.01. The van der Waals surface area contributed by atoms with Crippen LogP contribution in [0.1, 0.15) is 28.9 Å². The van der Waals surface area contributed by atoms with Gasteiger partial charge < -0.3 is 32.3 Å². The van der Waals surface area contributed by atoms with Gasteiger partial charge in [-0.25, -0.2) is 9.78 Å². The van der Waals surface area contributed by atoms with E-state index in [1.165, 1.54) is 6.07 Å². The van der Waals surface area contributed by atoms with Gasteiger partial charge in [-0.1, -0.05) is 11.6 Å². The van der Waals surface area contributed by atoms with Gasteiger partial charge in [-0.05, 0) is 12.5 Å². The van der Waals surface area contributed by atoms with Crippen LogP contribution in [0.4, 0.5) is 17.5 Å². The number of halogens is 1. The fraction of sp³-hybridized carbons (Fsp3) is 0.235. The first-order valence-electron chi connectivity index (χ1n) is 8.83. The molecule has 0 aromatic carbocycles. The number of nitrogens with one attached hydrogen (secondary N) is 3. The van der Waals surface area contributed by atoms with Crippen LogP contribution in [0.3, 0.4) is 0 Å². The molecule has 0 saturated heterocycles. The van der Waals surface area contributed by atoms with Gasteiger partial charge in [0.1, 0.15) is 17.6 Å². The Morgan fingerprint density at radius 2 is 1.91 bits per heavy atom. The van der Waals surface area contributed by atoms with E-state index in [1.54, 1.807) is 0 Å². The van der Waals surface area contributed by atoms with E-state index in [9.17, 15) is 24.0 Å². The predicted octanol–water partition coefficient (Wildman–Crippen LogP) is -0.788. The zero-order valence-corrected chi connectivity index (χ0v) is 17.0. The van der Waals surface area contributed by atoms with Gasteiger partial charge in [0, 0.05) is 6.42 Å². The smallest absolute Gasteiger partial charge is 0.326 e. The molecular formula is C17H18ClN7O7. The lowest BCUT2D eigenvalue weighted by atomic mass is 10.1. The molecule has 2 rings (SSSR count). The zero-order chi connectivity index (χ0) is 24.0. The minimum atomic E-state index is -1.46. The Morgan fingerprint density at radius 3 is 2.47 bits per heavy atom. The molecule has 0 fully saturated rings. The second-order valence-electron chi connectivity index (χ2n) is 6.39. The number of nitrogens with zero attached hydrogens (tertiary/aromatic N) is 2. The summed E-state index contributed by atoms with van der Waals surface area (Å²) in [7, 11) is 0. The molecule has 0 aliphatic rings. The number of hydrogen-bond acceptors (Lipinski definition) is 9. The van der Waals surface area contributed by atoms with Gasteiger partial charge in [-0.3, -0.25) is 24.2 Å². The lowest BCUT2D eigenvalue weighted by Gasteiger charge is -2.14. The average Bonchev–Trinajstić information content (AvgIpc) is 2.67. The summed E-state index contributed by atoms with van der Waals surface area (Å²) < 4.78 is 0. The topological polar surface area (TPSA) is 243 Å². The molecule has 0 radical (unpaired) electrons. The highest BCUT2D eigenvalue weighted by Crippen LogP contribution is 2.19. The molecule has 0 saturated carbocycles. The molecule has 0 spiro atoms. The maximum Gasteiger partial charge on any atom is 0.326 e. The second kappa shape index (κ2) is 10.2. The summed E-state index contributed by atoms with van der Waals surface area (Å²) in [6.07, 6.45) is -0.163. The fourth-order valence-corrected chi connectivity index (χ4v) is 2.75. The van der Waals surface area contributed by atoms with Crippen LogP contribution in [0, 0.1) is 0 Å². The molecule has 2 heterocycles. The number of hydrogen-bond donors (Lipinski definition) is 7. The number of carbonyl (C=O) groups excluding carboxylic acids is 2. The highest BCUT2D eigenvalue weighted by molar-refractivity contribution is 6.33. The Morgan fingerprint density at radius 1 is 1.22 bits per heavy atom. The molecular weight excluding hydrogens is 450 g/mol. The van der Waals surface area contributed by atoms with Crippen molar-refractivity contribution in [2.75, 3.05) is 16.8 Å². The van der Waals surface area contributed by atoms with Crippen molar-refractivity contribution >= 4 is 52.8 Å². The first-order chi connectivity index (χ1) is 15.0. The normalized spacial score (nSPS) is 11.4. The van der Waals surface area contributed by atoms with Crippen LogP contribution in [-0.4, -0.2) is 55.0 Å². The van der Waals surface area contributed by atoms with Crippen LogP contribution < -0.4 is 27.7 Å². The van der Waals surface area contributed by atoms with Crippen molar-refractivity contribution in [3.05, 3.63) is 38.9 Å². The van der Waals surface area contributed by atoms with E-state index in [1.807, 2.05) is 0 Å². The first-order valence-corrected chi connectivity index (χ1v) is 9.20. The van der Waals surface area contributed by atoms with E-state index in [-0.39, 0.29) is 40.2 Å². The monoisotopic (exact) mass is 467 g/mol. The van der Waals surface area contributed by atoms with Crippen LogP contribution in [0.25, 0.3) is 0 Å². The number of nitrogens with two attached hydrogens (primary N) is 2. The summed E-state index contributed by atoms with van der Waals surface area (Å²) in [5.41, 5.74) is 9.91. The van der Waals surface area contributed by atoms with Crippen LogP contribution in [0.2, 0.25) is 5.02 Å². The molecule has 1 atom stereocenters. The fourth-order valence-electron chi connectivity index (χ4n) is 2.50. The summed E-state index contributed by atoms with van der Waals surface area (Å²) in [5.74, 6) is -4.66. The molecule has 14 nitrogen and oxygen atoms in total. The van der Waals surface area contributed by atoms with E-state index in [0.717, 1.165) is 6.20 Å². The van der Waals surface area contributed by atoms with E-state index in [4.69, 9.17) is 33.3 Å². The third-order valence-electron chi connectivity index (χ3n) is 3.99. The van der Waals surface area contributed by atoms with Crippen molar-refractivity contribution in [1.82, 2.24) is 20.3 Å². The minimum absolute atomic E-state index is 0.0793. The number of carboxylic acids is 2. The number of carboxylic acid groups (broad SMARTS) is 2. The maximum absolute atomic E-state index is 12.3. The molecule has 170 valence electrons. The van der Waals surface area contributed by atoms with Gasteiger partial charge in [0.25, 0.3) is 11.5 Å². The zero-order valence-electron chi connectivity index (χ0n) is 16.2. The Bertz CT molecular complexity index is 1130. The second-order valence-corrected chi connectivity index (χ2v) is 6.80. The van der Waals surface area contributed by atoms with Crippen LogP contribution in [-0.2, 0) is 20.8 Å². The minimum Gasteiger partial charge on any atom is -0.481 e. The van der Waals surface area contributed by atoms with Crippen molar-refractivity contribution in [2.24, 2.45) is 0 Å². The van der Waals surface area contributed by atoms with Gasteiger partial charge in [0.05, 0.1) is 28.9 Å². The van der Waals surface area contributed by atoms with E-state index in [2.05, 4.69) is 25.6 Å². The molecule has 2 amide bonds. The first kappa shape index (κ1) is 24.1. The van der Waals surface area contributed by atoms with Crippen LogP contribution in [0.15, 0.2) is 17.1 Å². The number of nitrogen functional groups attached to an aromatic ring is 2. The summed E-state index contributed by atoms with van der Waals surface area (Å²) in [5, 5.41) is 22.1. The number of rotatable bonds is 9. The quantitative estimate of drug-likeness (QED) is 0.241. The molecule has 2 aromatic heterocycles. The lowest BCUT2D eigenvalue weighted by Crippen LogP contribution is -2.41. The molecule has 0 bridgehead atoms. The Kier molecular flexibility index (Phi) is 7.68. The van der Waals surface area contributed by atoms with Crippen molar-refractivity contribution < 1.29 is 29.4 Å². The Hall–Kier alpha value is -4.20. The Labute approximate surface area is 184 Å². The number of amides is 2. The lowest BCUT2D eigenvalue weighted by molar-refractivity contribution is -0.140. The van der Waals surface area contributed by atoms with Crippen LogP contribution in [0.5, 0.6) is 0 Å². The predicted molar refractivity (Wildman–Crippen MR) is 111 cm³/mol. The van der Waals surface area contributed by atoms with Crippen molar-refractivity contribution in [1.29, 1.82) is 0 Å². The third kappa shape index (κ3) is 6.40. The Balaban J connectivity index is 2.08. The standard InChI is InChI=1S/C17H18ClN7O7/c18-8-3-6(22-10(26)4-7-13(19)24-17(20)25-14(7)29)5-21-12(8)15(30)23-9(16(31)32)1-2-11(27)28/h3,5,9H,1-2,4H2,(H,22,26)(H,23,30)(H,27,28)(H,31,32)(H5,19,20,24,25,29)/t9-/m0/s1. The highest BCUT2D eigenvalue weighted by Gasteiger charge is 2.24. The molecule has 0 aliphatic heterocycles. The van der Waals surface area contributed by atoms with Crippen molar-refractivity contribution in [3.8, 4) is 0 Å². The number of aliphatic carboxylic acids is 2. The van der Waals surface area contributed by atoms with Gasteiger partial charge in [0.2, 0.25) is 11.9 Å². The number of aromatic nitrogens is 3. The third-order valence-corrected chi connectivity index (χ3v) is 4.28. The van der Waals surface area contributed by atoms with Gasteiger partial charge in [0.15, 0.2) is 0 Å². The number of aromatic amines is 1. The van der Waals surface area contributed by atoms with Crippen molar-refractivity contribution in [3.63, 3.8) is 0 Å². The molecule has 0 aliphatic carbocycles. The number of carbonyl (C=O) groups is 4. The molecule has 32 heavy (non-hydrogen) atoms. The van der Waals surface area contributed by atoms with Crippen molar-refractivity contribution in [2.45, 2.75) is 25.3 Å². The maximum atomic E-state index is 12.3. The van der Waals surface area contributed by atoms with Gasteiger partial charge >= 0.3 is 11.9 Å². The largest absolute Gasteiger partial charge is 0.481 e.